The van der Waals surface area contributed by atoms with Crippen LogP contribution in [0.25, 0.3) is 0 Å². The molecule has 0 saturated carbocycles. The minimum Gasteiger partial charge on any atom is -0.480 e. The Morgan fingerprint density at radius 2 is 2.43 bits per heavy atom. The first-order chi connectivity index (χ1) is 6.74. The van der Waals surface area contributed by atoms with Gasteiger partial charge in [0.25, 0.3) is 0 Å². The Kier molecular flexibility index (Phi) is 1.95. The molecular weight excluding hydrogens is 180 g/mol. The minimum atomic E-state index is -0.904. The van der Waals surface area contributed by atoms with Crippen molar-refractivity contribution in [1.29, 1.82) is 5.26 Å². The molecule has 1 heterocycles. The third kappa shape index (κ3) is 1.15. The van der Waals surface area contributed by atoms with E-state index in [0.29, 0.717) is 17.7 Å². The Morgan fingerprint density at radius 3 is 3.07 bits per heavy atom. The zero-order valence-corrected chi connectivity index (χ0v) is 7.32. The monoisotopic (exact) mass is 188 g/mol. The summed E-state index contributed by atoms with van der Waals surface area (Å²) < 4.78 is 0. The van der Waals surface area contributed by atoms with Crippen LogP contribution < -0.4 is 5.32 Å². The highest BCUT2D eigenvalue weighted by atomic mass is 16.4. The maximum atomic E-state index is 10.8. The van der Waals surface area contributed by atoms with Gasteiger partial charge in [-0.05, 0) is 17.2 Å². The van der Waals surface area contributed by atoms with Crippen LogP contribution in [-0.2, 0) is 11.3 Å². The zero-order valence-electron chi connectivity index (χ0n) is 7.32. The first kappa shape index (κ1) is 8.73. The number of aliphatic carboxylic acids is 1. The normalized spacial score (nSPS) is 18.6. The summed E-state index contributed by atoms with van der Waals surface area (Å²) in [7, 11) is 0. The van der Waals surface area contributed by atoms with Gasteiger partial charge in [0.2, 0.25) is 0 Å². The fraction of sp³-hybridized carbons (Fsp3) is 0.200. The van der Waals surface area contributed by atoms with E-state index in [2.05, 4.69) is 11.4 Å². The fourth-order valence-corrected chi connectivity index (χ4v) is 1.71. The molecular formula is C10H8N2O2. The van der Waals surface area contributed by atoms with Gasteiger partial charge in [0.05, 0.1) is 11.6 Å². The number of nitrogens with one attached hydrogen (secondary N) is 1. The minimum absolute atomic E-state index is 0.454. The van der Waals surface area contributed by atoms with Gasteiger partial charge < -0.3 is 5.11 Å². The number of hydrogen-bond acceptors (Lipinski definition) is 3. The summed E-state index contributed by atoms with van der Waals surface area (Å²) in [5.74, 6) is -0.904. The molecule has 1 aliphatic heterocycles. The van der Waals surface area contributed by atoms with Crippen molar-refractivity contribution < 1.29 is 9.90 Å². The van der Waals surface area contributed by atoms with Gasteiger partial charge in [-0.3, -0.25) is 10.1 Å². The summed E-state index contributed by atoms with van der Waals surface area (Å²) >= 11 is 0. The molecule has 1 aliphatic rings. The van der Waals surface area contributed by atoms with Gasteiger partial charge in [0.1, 0.15) is 6.04 Å². The van der Waals surface area contributed by atoms with Crippen molar-refractivity contribution in [3.8, 4) is 6.07 Å². The molecule has 0 radical (unpaired) electrons. The van der Waals surface area contributed by atoms with E-state index in [1.165, 1.54) is 0 Å². The number of carboxylic acids is 1. The summed E-state index contributed by atoms with van der Waals surface area (Å²) in [5, 5.41) is 20.5. The van der Waals surface area contributed by atoms with Crippen molar-refractivity contribution >= 4 is 5.97 Å². The molecule has 70 valence electrons. The van der Waals surface area contributed by atoms with Crippen LogP contribution in [0.4, 0.5) is 0 Å². The SMILES string of the molecule is N#Cc1cccc2c1CN[C@@H]2C(=O)O. The van der Waals surface area contributed by atoms with Gasteiger partial charge in [-0.2, -0.15) is 5.26 Å². The molecule has 2 N–H and O–H groups in total. The van der Waals surface area contributed by atoms with Gasteiger partial charge in [-0.1, -0.05) is 12.1 Å². The van der Waals surface area contributed by atoms with Crippen LogP contribution in [0.3, 0.4) is 0 Å². The number of fused-ring (bicyclic) bond motifs is 1. The molecule has 0 aromatic heterocycles. The van der Waals surface area contributed by atoms with E-state index in [9.17, 15) is 4.79 Å². The fourth-order valence-electron chi connectivity index (χ4n) is 1.71. The number of carbonyl (C=O) groups is 1. The van der Waals surface area contributed by atoms with Crippen LogP contribution in [0.1, 0.15) is 22.7 Å². The molecule has 4 nitrogen and oxygen atoms in total. The van der Waals surface area contributed by atoms with Crippen molar-refractivity contribution in [3.05, 3.63) is 34.9 Å². The second-order valence-electron chi connectivity index (χ2n) is 3.14. The van der Waals surface area contributed by atoms with Crippen LogP contribution in [0.2, 0.25) is 0 Å². The number of nitriles is 1. The second kappa shape index (κ2) is 3.13. The Hall–Kier alpha value is -1.86. The van der Waals surface area contributed by atoms with E-state index in [4.69, 9.17) is 10.4 Å². The van der Waals surface area contributed by atoms with Crippen LogP contribution in [0.15, 0.2) is 18.2 Å². The molecule has 0 aliphatic carbocycles. The first-order valence-electron chi connectivity index (χ1n) is 4.22. The van der Waals surface area contributed by atoms with Crippen molar-refractivity contribution in [1.82, 2.24) is 5.32 Å². The maximum absolute atomic E-state index is 10.8. The molecule has 0 fully saturated rings. The van der Waals surface area contributed by atoms with E-state index in [-0.39, 0.29) is 0 Å². The smallest absolute Gasteiger partial charge is 0.325 e. The summed E-state index contributed by atoms with van der Waals surface area (Å²) in [4.78, 5) is 10.8. The predicted molar refractivity (Wildman–Crippen MR) is 48.4 cm³/mol. The quantitative estimate of drug-likeness (QED) is 0.683. The Morgan fingerprint density at radius 1 is 1.64 bits per heavy atom. The van der Waals surface area contributed by atoms with Crippen LogP contribution in [0.5, 0.6) is 0 Å². The van der Waals surface area contributed by atoms with E-state index in [1.807, 2.05) is 0 Å². The number of rotatable bonds is 1. The van der Waals surface area contributed by atoms with Crippen molar-refractivity contribution in [2.24, 2.45) is 0 Å². The van der Waals surface area contributed by atoms with E-state index in [0.717, 1.165) is 5.56 Å². The zero-order chi connectivity index (χ0) is 10.1. The standard InChI is InChI=1S/C10H8N2O2/c11-4-6-2-1-3-7-8(6)5-12-9(7)10(13)14/h1-3,9,12H,5H2,(H,13,14)/t9-/m0/s1. The number of benzene rings is 1. The molecule has 1 aromatic carbocycles. The molecule has 0 saturated heterocycles. The summed E-state index contributed by atoms with van der Waals surface area (Å²) in [6, 6.07) is 6.54. The third-order valence-corrected chi connectivity index (χ3v) is 2.37. The van der Waals surface area contributed by atoms with Gasteiger partial charge in [-0.25, -0.2) is 0 Å². The highest BCUT2D eigenvalue weighted by Crippen LogP contribution is 2.27. The summed E-state index contributed by atoms with van der Waals surface area (Å²) in [5.41, 5.74) is 2.07. The van der Waals surface area contributed by atoms with E-state index in [1.54, 1.807) is 18.2 Å². The highest BCUT2D eigenvalue weighted by molar-refractivity contribution is 5.77. The second-order valence-corrected chi connectivity index (χ2v) is 3.14. The lowest BCUT2D eigenvalue weighted by Gasteiger charge is -2.05. The Bertz CT molecular complexity index is 434. The van der Waals surface area contributed by atoms with Gasteiger partial charge in [0, 0.05) is 6.54 Å². The molecule has 14 heavy (non-hydrogen) atoms. The predicted octanol–water partition coefficient (Wildman–Crippen LogP) is 0.787. The molecule has 0 spiro atoms. The lowest BCUT2D eigenvalue weighted by atomic mass is 10.0. The maximum Gasteiger partial charge on any atom is 0.325 e. The van der Waals surface area contributed by atoms with E-state index < -0.39 is 12.0 Å². The molecule has 1 atom stereocenters. The van der Waals surface area contributed by atoms with Crippen LogP contribution >= 0.6 is 0 Å². The van der Waals surface area contributed by atoms with Crippen molar-refractivity contribution in [2.75, 3.05) is 0 Å². The average molecular weight is 188 g/mol. The molecule has 0 bridgehead atoms. The number of carboxylic acid groups (broad SMARTS) is 1. The van der Waals surface area contributed by atoms with Crippen molar-refractivity contribution in [2.45, 2.75) is 12.6 Å². The number of hydrogen-bond donors (Lipinski definition) is 2. The molecule has 0 unspecified atom stereocenters. The average Bonchev–Trinajstić information content (AvgIpc) is 2.60. The lowest BCUT2D eigenvalue weighted by Crippen LogP contribution is -2.21. The van der Waals surface area contributed by atoms with Gasteiger partial charge in [-0.15, -0.1) is 0 Å². The van der Waals surface area contributed by atoms with Gasteiger partial charge in [0.15, 0.2) is 0 Å². The molecule has 0 amide bonds. The Balaban J connectivity index is 2.53. The highest BCUT2D eigenvalue weighted by Gasteiger charge is 2.28. The largest absolute Gasteiger partial charge is 0.480 e. The van der Waals surface area contributed by atoms with Gasteiger partial charge >= 0.3 is 5.97 Å². The molecule has 2 rings (SSSR count). The van der Waals surface area contributed by atoms with Crippen molar-refractivity contribution in [3.63, 3.8) is 0 Å². The third-order valence-electron chi connectivity index (χ3n) is 2.37. The topological polar surface area (TPSA) is 73.1 Å². The number of nitrogens with zero attached hydrogens (tertiary/aromatic N) is 1. The molecule has 1 aromatic rings. The summed E-state index contributed by atoms with van der Waals surface area (Å²) in [6.07, 6.45) is 0. The first-order valence-corrected chi connectivity index (χ1v) is 4.22. The van der Waals surface area contributed by atoms with Crippen LogP contribution in [0, 0.1) is 11.3 Å². The molecule has 4 heteroatoms. The van der Waals surface area contributed by atoms with Crippen LogP contribution in [-0.4, -0.2) is 11.1 Å². The summed E-state index contributed by atoms with van der Waals surface area (Å²) in [6.45, 7) is 0.454. The van der Waals surface area contributed by atoms with E-state index >= 15 is 0 Å². The lowest BCUT2D eigenvalue weighted by molar-refractivity contribution is -0.139. The Labute approximate surface area is 80.8 Å².